The zero-order chi connectivity index (χ0) is 16.8. The average Bonchev–Trinajstić information content (AvgIpc) is 2.54. The first-order chi connectivity index (χ1) is 11.7. The quantitative estimate of drug-likeness (QED) is 0.787. The van der Waals surface area contributed by atoms with Crippen LogP contribution in [0.5, 0.6) is 0 Å². The summed E-state index contributed by atoms with van der Waals surface area (Å²) in [6, 6.07) is 11.3. The van der Waals surface area contributed by atoms with Crippen LogP contribution in [0.3, 0.4) is 0 Å². The minimum Gasteiger partial charge on any atom is -0.376 e. The van der Waals surface area contributed by atoms with Gasteiger partial charge in [-0.05, 0) is 50.3 Å². The van der Waals surface area contributed by atoms with Gasteiger partial charge < -0.3 is 10.1 Å². The van der Waals surface area contributed by atoms with E-state index in [0.717, 1.165) is 32.5 Å². The molecular formula is C19H28F2N2O. The van der Waals surface area contributed by atoms with E-state index in [1.54, 1.807) is 0 Å². The largest absolute Gasteiger partial charge is 0.376 e. The van der Waals surface area contributed by atoms with Crippen molar-refractivity contribution in [2.45, 2.75) is 50.8 Å². The minimum absolute atomic E-state index is 0.0724. The summed E-state index contributed by atoms with van der Waals surface area (Å²) in [5.74, 6) is 0.658. The highest BCUT2D eigenvalue weighted by Gasteiger charge is 2.31. The SMILES string of the molecule is FC(F)CN1CCC(NC2CC(COCc3ccccc3)C2)CC1. The van der Waals surface area contributed by atoms with Crippen molar-refractivity contribution in [3.63, 3.8) is 0 Å². The van der Waals surface area contributed by atoms with Crippen LogP contribution in [-0.2, 0) is 11.3 Å². The van der Waals surface area contributed by atoms with Gasteiger partial charge in [0.2, 0.25) is 0 Å². The predicted octanol–water partition coefficient (Wildman–Crippen LogP) is 3.30. The first-order valence-electron chi connectivity index (χ1n) is 9.07. The smallest absolute Gasteiger partial charge is 0.251 e. The van der Waals surface area contributed by atoms with E-state index >= 15 is 0 Å². The number of benzene rings is 1. The van der Waals surface area contributed by atoms with Crippen molar-refractivity contribution in [2.75, 3.05) is 26.2 Å². The number of hydrogen-bond acceptors (Lipinski definition) is 3. The van der Waals surface area contributed by atoms with Crippen molar-refractivity contribution in [3.8, 4) is 0 Å². The molecule has 0 bridgehead atoms. The lowest BCUT2D eigenvalue weighted by atomic mass is 9.80. The number of rotatable bonds is 8. The van der Waals surface area contributed by atoms with Crippen LogP contribution in [0.25, 0.3) is 0 Å². The fourth-order valence-corrected chi connectivity index (χ4v) is 3.74. The normalized spacial score (nSPS) is 25.8. The van der Waals surface area contributed by atoms with E-state index < -0.39 is 6.43 Å². The zero-order valence-corrected chi connectivity index (χ0v) is 14.2. The molecule has 1 aromatic carbocycles. The minimum atomic E-state index is -2.21. The predicted molar refractivity (Wildman–Crippen MR) is 91.2 cm³/mol. The molecule has 1 aromatic rings. The molecule has 3 rings (SSSR count). The Bertz CT molecular complexity index is 472. The second-order valence-electron chi connectivity index (χ2n) is 7.17. The second kappa shape index (κ2) is 8.88. The summed E-state index contributed by atoms with van der Waals surface area (Å²) in [4.78, 5) is 1.88. The van der Waals surface area contributed by atoms with Crippen molar-refractivity contribution in [1.82, 2.24) is 10.2 Å². The van der Waals surface area contributed by atoms with E-state index in [-0.39, 0.29) is 6.54 Å². The fraction of sp³-hybridized carbons (Fsp3) is 0.684. The summed E-state index contributed by atoms with van der Waals surface area (Å²) in [5, 5.41) is 3.70. The first-order valence-corrected chi connectivity index (χ1v) is 9.07. The number of halogens is 2. The Morgan fingerprint density at radius 1 is 1.08 bits per heavy atom. The molecule has 5 heteroatoms. The van der Waals surface area contributed by atoms with Gasteiger partial charge in [0.25, 0.3) is 6.43 Å². The number of likely N-dealkylation sites (tertiary alicyclic amines) is 1. The molecule has 0 unspecified atom stereocenters. The average molecular weight is 338 g/mol. The summed E-state index contributed by atoms with van der Waals surface area (Å²) >= 11 is 0. The van der Waals surface area contributed by atoms with E-state index in [4.69, 9.17) is 4.74 Å². The Kier molecular flexibility index (Phi) is 6.58. The van der Waals surface area contributed by atoms with Gasteiger partial charge in [-0.3, -0.25) is 4.90 Å². The highest BCUT2D eigenvalue weighted by molar-refractivity contribution is 5.13. The second-order valence-corrected chi connectivity index (χ2v) is 7.17. The highest BCUT2D eigenvalue weighted by atomic mass is 19.3. The molecule has 2 fully saturated rings. The summed E-state index contributed by atoms with van der Waals surface area (Å²) in [6.45, 7) is 3.03. The first kappa shape index (κ1) is 17.8. The van der Waals surface area contributed by atoms with Gasteiger partial charge in [-0.1, -0.05) is 30.3 Å². The maximum Gasteiger partial charge on any atom is 0.251 e. The third kappa shape index (κ3) is 5.50. The molecule has 2 aliphatic rings. The Morgan fingerprint density at radius 3 is 2.46 bits per heavy atom. The number of nitrogens with one attached hydrogen (secondary N) is 1. The van der Waals surface area contributed by atoms with Crippen LogP contribution in [-0.4, -0.2) is 49.7 Å². The Balaban J connectivity index is 1.24. The molecule has 0 spiro atoms. The molecule has 1 N–H and O–H groups in total. The molecule has 1 heterocycles. The topological polar surface area (TPSA) is 24.5 Å². The molecule has 134 valence electrons. The Hall–Kier alpha value is -1.04. The summed E-state index contributed by atoms with van der Waals surface area (Å²) in [6.07, 6.45) is 2.10. The third-order valence-electron chi connectivity index (χ3n) is 5.16. The standard InChI is InChI=1S/C19H28F2N2O/c20-19(21)12-23-8-6-17(7-9-23)22-18-10-16(11-18)14-24-13-15-4-2-1-3-5-15/h1-5,16-19,22H,6-14H2. The number of piperidine rings is 1. The van der Waals surface area contributed by atoms with Crippen molar-refractivity contribution in [1.29, 1.82) is 0 Å². The molecular weight excluding hydrogens is 310 g/mol. The van der Waals surface area contributed by atoms with Crippen molar-refractivity contribution in [2.24, 2.45) is 5.92 Å². The molecule has 0 radical (unpaired) electrons. The maximum absolute atomic E-state index is 12.4. The Labute approximate surface area is 143 Å². The maximum atomic E-state index is 12.4. The van der Waals surface area contributed by atoms with Crippen LogP contribution in [0, 0.1) is 5.92 Å². The molecule has 1 aliphatic heterocycles. The summed E-state index contributed by atoms with van der Waals surface area (Å²) < 4.78 is 30.6. The van der Waals surface area contributed by atoms with Gasteiger partial charge in [0.1, 0.15) is 0 Å². The lowest BCUT2D eigenvalue weighted by Crippen LogP contribution is -2.51. The molecule has 0 aromatic heterocycles. The Morgan fingerprint density at radius 2 is 1.79 bits per heavy atom. The van der Waals surface area contributed by atoms with Gasteiger partial charge in [0.15, 0.2) is 0 Å². The number of nitrogens with zero attached hydrogens (tertiary/aromatic N) is 1. The van der Waals surface area contributed by atoms with E-state index in [9.17, 15) is 8.78 Å². The highest BCUT2D eigenvalue weighted by Crippen LogP contribution is 2.29. The summed E-state index contributed by atoms with van der Waals surface area (Å²) in [5.41, 5.74) is 1.22. The van der Waals surface area contributed by atoms with Gasteiger partial charge in [-0.25, -0.2) is 8.78 Å². The monoisotopic (exact) mass is 338 g/mol. The van der Waals surface area contributed by atoms with Gasteiger partial charge in [-0.2, -0.15) is 0 Å². The molecule has 24 heavy (non-hydrogen) atoms. The summed E-state index contributed by atoms with van der Waals surface area (Å²) in [7, 11) is 0. The van der Waals surface area contributed by atoms with E-state index in [1.165, 1.54) is 18.4 Å². The zero-order valence-electron chi connectivity index (χ0n) is 14.2. The molecule has 1 saturated carbocycles. The number of alkyl halides is 2. The van der Waals surface area contributed by atoms with Gasteiger partial charge in [0.05, 0.1) is 13.2 Å². The molecule has 3 nitrogen and oxygen atoms in total. The van der Waals surface area contributed by atoms with Crippen molar-refractivity contribution < 1.29 is 13.5 Å². The van der Waals surface area contributed by atoms with Crippen LogP contribution < -0.4 is 5.32 Å². The molecule has 1 saturated heterocycles. The van der Waals surface area contributed by atoms with Crippen molar-refractivity contribution in [3.05, 3.63) is 35.9 Å². The van der Waals surface area contributed by atoms with Crippen molar-refractivity contribution >= 4 is 0 Å². The molecule has 1 aliphatic carbocycles. The lowest BCUT2D eigenvalue weighted by Gasteiger charge is -2.40. The van der Waals surface area contributed by atoms with Crippen LogP contribution in [0.15, 0.2) is 30.3 Å². The van der Waals surface area contributed by atoms with E-state index in [0.29, 0.717) is 24.6 Å². The van der Waals surface area contributed by atoms with Gasteiger partial charge in [0, 0.05) is 18.7 Å². The molecule has 0 amide bonds. The van der Waals surface area contributed by atoms with Crippen LogP contribution in [0.1, 0.15) is 31.2 Å². The van der Waals surface area contributed by atoms with E-state index in [1.807, 2.05) is 23.1 Å². The van der Waals surface area contributed by atoms with Crippen LogP contribution >= 0.6 is 0 Å². The van der Waals surface area contributed by atoms with Crippen LogP contribution in [0.2, 0.25) is 0 Å². The van der Waals surface area contributed by atoms with Gasteiger partial charge >= 0.3 is 0 Å². The third-order valence-corrected chi connectivity index (χ3v) is 5.16. The fourth-order valence-electron chi connectivity index (χ4n) is 3.74. The van der Waals surface area contributed by atoms with E-state index in [2.05, 4.69) is 17.4 Å². The lowest BCUT2D eigenvalue weighted by molar-refractivity contribution is 0.0373. The number of ether oxygens (including phenoxy) is 1. The van der Waals surface area contributed by atoms with Crippen LogP contribution in [0.4, 0.5) is 8.78 Å². The number of hydrogen-bond donors (Lipinski definition) is 1. The van der Waals surface area contributed by atoms with Gasteiger partial charge in [-0.15, -0.1) is 0 Å². The molecule has 0 atom stereocenters.